The van der Waals surface area contributed by atoms with Gasteiger partial charge in [-0.3, -0.25) is 0 Å². The smallest absolute Gasteiger partial charge is 0.550 e. The van der Waals surface area contributed by atoms with Gasteiger partial charge in [0, 0.05) is 35.7 Å². The van der Waals surface area contributed by atoms with E-state index in [1.807, 2.05) is 109 Å². The summed E-state index contributed by atoms with van der Waals surface area (Å²) in [7, 11) is 4.86. The molecular formula is C42H39BiO9. The quantitative estimate of drug-likeness (QED) is 0.188. The molecule has 3 atom stereocenters. The van der Waals surface area contributed by atoms with Gasteiger partial charge in [0.15, 0.2) is 0 Å². The van der Waals surface area contributed by atoms with Crippen molar-refractivity contribution in [3.05, 3.63) is 126 Å². The summed E-state index contributed by atoms with van der Waals surface area (Å²) in [5, 5.41) is 38.5. The third-order valence-corrected chi connectivity index (χ3v) is 8.78. The zero-order valence-electron chi connectivity index (χ0n) is 29.7. The predicted molar refractivity (Wildman–Crippen MR) is 198 cm³/mol. The SMILES string of the molecule is COc1ccc2cc(C(C)C(=O)[O-])ccc2c1.COc1ccc2cc(C(C)C(=O)[O-])ccc2c1.COc1ccc2cc(C(C)C(=O)[O-])ccc2c1.[Bi+3]. The first kappa shape index (κ1) is 41.2. The van der Waals surface area contributed by atoms with E-state index in [0.29, 0.717) is 0 Å². The summed E-state index contributed by atoms with van der Waals surface area (Å²) < 4.78 is 15.4. The van der Waals surface area contributed by atoms with E-state index in [2.05, 4.69) is 0 Å². The van der Waals surface area contributed by atoms with Crippen LogP contribution in [0.2, 0.25) is 0 Å². The van der Waals surface area contributed by atoms with Crippen molar-refractivity contribution in [2.45, 2.75) is 38.5 Å². The molecule has 0 aliphatic carbocycles. The number of hydrogen-bond donors (Lipinski definition) is 0. The molecule has 6 rings (SSSR count). The summed E-state index contributed by atoms with van der Waals surface area (Å²) >= 11 is 0. The molecule has 52 heavy (non-hydrogen) atoms. The van der Waals surface area contributed by atoms with E-state index in [4.69, 9.17) is 14.2 Å². The summed E-state index contributed by atoms with van der Waals surface area (Å²) in [4.78, 5) is 32.4. The van der Waals surface area contributed by atoms with E-state index in [1.165, 1.54) is 0 Å². The van der Waals surface area contributed by atoms with Crippen LogP contribution in [0.4, 0.5) is 0 Å². The zero-order chi connectivity index (χ0) is 37.2. The Bertz CT molecular complexity index is 1930. The van der Waals surface area contributed by atoms with Gasteiger partial charge in [-0.15, -0.1) is 0 Å². The fourth-order valence-corrected chi connectivity index (χ4v) is 5.32. The maximum absolute atomic E-state index is 10.8. The molecule has 0 saturated heterocycles. The van der Waals surface area contributed by atoms with Crippen LogP contribution in [0.1, 0.15) is 55.2 Å². The van der Waals surface area contributed by atoms with E-state index in [1.54, 1.807) is 42.1 Å². The molecule has 6 aromatic carbocycles. The number of carboxylic acids is 3. The minimum absolute atomic E-state index is 0. The molecule has 0 bridgehead atoms. The van der Waals surface area contributed by atoms with Crippen LogP contribution in [0.5, 0.6) is 17.2 Å². The van der Waals surface area contributed by atoms with E-state index >= 15 is 0 Å². The van der Waals surface area contributed by atoms with Gasteiger partial charge in [0.05, 0.1) is 21.3 Å². The molecule has 0 aromatic heterocycles. The first-order chi connectivity index (χ1) is 24.3. The van der Waals surface area contributed by atoms with Crippen molar-refractivity contribution in [2.75, 3.05) is 21.3 Å². The van der Waals surface area contributed by atoms with Crippen molar-refractivity contribution >= 4 is 76.4 Å². The van der Waals surface area contributed by atoms with Gasteiger partial charge >= 0.3 is 26.2 Å². The third kappa shape index (κ3) is 10.4. The molecule has 2 radical (unpaired) electrons. The van der Waals surface area contributed by atoms with Crippen LogP contribution < -0.4 is 29.5 Å². The molecule has 10 heteroatoms. The normalized spacial score (nSPS) is 12.1. The number of hydrogen-bond acceptors (Lipinski definition) is 9. The number of carbonyl (C=O) groups excluding carboxylic acids is 3. The Morgan fingerprint density at radius 1 is 0.404 bits per heavy atom. The Hall–Kier alpha value is -5.21. The van der Waals surface area contributed by atoms with Gasteiger partial charge in [0.2, 0.25) is 0 Å². The van der Waals surface area contributed by atoms with Crippen molar-refractivity contribution < 1.29 is 43.9 Å². The molecule has 0 saturated carbocycles. The number of aliphatic carboxylic acids is 3. The van der Waals surface area contributed by atoms with Gasteiger partial charge in [0.1, 0.15) is 17.2 Å². The fourth-order valence-electron chi connectivity index (χ4n) is 5.32. The topological polar surface area (TPSA) is 148 Å². The average Bonchev–Trinajstić information content (AvgIpc) is 3.15. The summed E-state index contributed by atoms with van der Waals surface area (Å²) in [6, 6.07) is 33.8. The fraction of sp³-hybridized carbons (Fsp3) is 0.214. The molecule has 0 N–H and O–H groups in total. The number of carbonyl (C=O) groups is 3. The van der Waals surface area contributed by atoms with E-state index in [-0.39, 0.29) is 26.2 Å². The molecular weight excluding hydrogens is 857 g/mol. The second-order valence-corrected chi connectivity index (χ2v) is 12.0. The molecule has 266 valence electrons. The number of methoxy groups -OCH3 is 3. The largest absolute Gasteiger partial charge is 3.00 e. The van der Waals surface area contributed by atoms with E-state index in [9.17, 15) is 29.7 Å². The molecule has 0 spiro atoms. The predicted octanol–water partition coefficient (Wildman–Crippen LogP) is 4.72. The van der Waals surface area contributed by atoms with Gasteiger partial charge in [-0.25, -0.2) is 0 Å². The van der Waals surface area contributed by atoms with Gasteiger partial charge < -0.3 is 43.9 Å². The first-order valence-electron chi connectivity index (χ1n) is 16.2. The summed E-state index contributed by atoms with van der Waals surface area (Å²) in [5.74, 6) is -2.59. The zero-order valence-corrected chi connectivity index (χ0v) is 33.2. The van der Waals surface area contributed by atoms with Crippen molar-refractivity contribution in [3.63, 3.8) is 0 Å². The summed E-state index contributed by atoms with van der Waals surface area (Å²) in [5.41, 5.74) is 2.26. The van der Waals surface area contributed by atoms with Crippen LogP contribution in [-0.4, -0.2) is 65.4 Å². The van der Waals surface area contributed by atoms with Crippen molar-refractivity contribution in [3.8, 4) is 17.2 Å². The van der Waals surface area contributed by atoms with Crippen molar-refractivity contribution in [1.82, 2.24) is 0 Å². The number of ether oxygens (including phenoxy) is 3. The number of benzene rings is 6. The Morgan fingerprint density at radius 3 is 0.827 bits per heavy atom. The van der Waals surface area contributed by atoms with Gasteiger partial charge in [0.25, 0.3) is 0 Å². The molecule has 0 amide bonds. The van der Waals surface area contributed by atoms with Crippen LogP contribution in [0.25, 0.3) is 32.3 Å². The maximum Gasteiger partial charge on any atom is 3.00 e. The number of fused-ring (bicyclic) bond motifs is 3. The molecule has 0 aliphatic heterocycles. The minimum atomic E-state index is -1.06. The number of rotatable bonds is 9. The van der Waals surface area contributed by atoms with Gasteiger partial charge in [-0.1, -0.05) is 93.6 Å². The average molecular weight is 897 g/mol. The van der Waals surface area contributed by atoms with Gasteiger partial charge in [-0.2, -0.15) is 0 Å². The summed E-state index contributed by atoms with van der Waals surface area (Å²) in [6.07, 6.45) is 0. The van der Waals surface area contributed by atoms with E-state index in [0.717, 1.165) is 66.3 Å². The van der Waals surface area contributed by atoms with Crippen LogP contribution >= 0.6 is 0 Å². The van der Waals surface area contributed by atoms with Gasteiger partial charge in [-0.05, 0) is 85.4 Å². The number of carboxylic acid groups (broad SMARTS) is 3. The first-order valence-corrected chi connectivity index (χ1v) is 16.2. The van der Waals surface area contributed by atoms with Crippen molar-refractivity contribution in [2.24, 2.45) is 0 Å². The minimum Gasteiger partial charge on any atom is -0.550 e. The molecule has 3 unspecified atom stereocenters. The Morgan fingerprint density at radius 2 is 0.615 bits per heavy atom. The van der Waals surface area contributed by atoms with Crippen LogP contribution in [0.15, 0.2) is 109 Å². The molecule has 9 nitrogen and oxygen atoms in total. The molecule has 0 fully saturated rings. The molecule has 0 aliphatic rings. The Kier molecular flexibility index (Phi) is 15.0. The standard InChI is InChI=1S/3C14H14O3.Bi/c3*1-9(14(15)16)10-3-4-12-8-13(17-2)6-5-11(12)7-10;/h3*3-9H,1-2H3,(H,15,16);/q;;;+3/p-3. The Balaban J connectivity index is 0.000000208. The van der Waals surface area contributed by atoms with Crippen molar-refractivity contribution in [1.29, 1.82) is 0 Å². The second-order valence-electron chi connectivity index (χ2n) is 12.0. The van der Waals surface area contributed by atoms with E-state index < -0.39 is 35.7 Å². The Labute approximate surface area is 321 Å². The summed E-state index contributed by atoms with van der Waals surface area (Å²) in [6.45, 7) is 4.88. The maximum atomic E-state index is 10.8. The van der Waals surface area contributed by atoms with Crippen LogP contribution in [0.3, 0.4) is 0 Å². The monoisotopic (exact) mass is 896 g/mol. The molecule has 0 heterocycles. The van der Waals surface area contributed by atoms with Crippen LogP contribution in [0, 0.1) is 0 Å². The molecule has 6 aromatic rings. The van der Waals surface area contributed by atoms with Crippen LogP contribution in [-0.2, 0) is 14.4 Å². The second kappa shape index (κ2) is 18.9. The third-order valence-electron chi connectivity index (χ3n) is 8.78.